The molecule has 0 aliphatic rings. The molecular formula is C14H9ClFN3O. The predicted octanol–water partition coefficient (Wildman–Crippen LogP) is 4.27. The molecule has 3 rings (SSSR count). The van der Waals surface area contributed by atoms with E-state index in [0.29, 0.717) is 16.5 Å². The summed E-state index contributed by atoms with van der Waals surface area (Å²) in [6, 6.07) is 13.2. The van der Waals surface area contributed by atoms with Crippen LogP contribution >= 0.6 is 11.6 Å². The van der Waals surface area contributed by atoms with Gasteiger partial charge in [0.15, 0.2) is 0 Å². The molecule has 0 amide bonds. The van der Waals surface area contributed by atoms with Crippen molar-refractivity contribution in [3.63, 3.8) is 0 Å². The first kappa shape index (κ1) is 12.6. The molecule has 1 aromatic heterocycles. The van der Waals surface area contributed by atoms with Gasteiger partial charge in [-0.25, -0.2) is 4.39 Å². The molecule has 2 aromatic carbocycles. The monoisotopic (exact) mass is 289 g/mol. The van der Waals surface area contributed by atoms with E-state index in [1.165, 1.54) is 12.1 Å². The first-order valence-corrected chi connectivity index (χ1v) is 6.21. The van der Waals surface area contributed by atoms with Crippen LogP contribution in [0.2, 0.25) is 5.02 Å². The van der Waals surface area contributed by atoms with Crippen LogP contribution < -0.4 is 5.32 Å². The Morgan fingerprint density at radius 1 is 1.10 bits per heavy atom. The van der Waals surface area contributed by atoms with E-state index < -0.39 is 0 Å². The summed E-state index contributed by atoms with van der Waals surface area (Å²) in [6.07, 6.45) is 0. The standard InChI is InChI=1S/C14H9ClFN3O/c15-10-3-1-2-9(8-10)13-18-14(20-19-13)17-12-6-4-11(16)5-7-12/h1-8H,(H,17,18,19). The number of rotatable bonds is 3. The van der Waals surface area contributed by atoms with Crippen LogP contribution in [0.25, 0.3) is 11.4 Å². The Morgan fingerprint density at radius 2 is 1.90 bits per heavy atom. The first-order chi connectivity index (χ1) is 9.70. The molecule has 3 aromatic rings. The fourth-order valence-electron chi connectivity index (χ4n) is 1.68. The Labute approximate surface area is 119 Å². The van der Waals surface area contributed by atoms with Gasteiger partial charge in [0, 0.05) is 16.3 Å². The van der Waals surface area contributed by atoms with Crippen molar-refractivity contribution in [2.45, 2.75) is 0 Å². The van der Waals surface area contributed by atoms with Crippen molar-refractivity contribution in [2.75, 3.05) is 5.32 Å². The number of halogens is 2. The number of anilines is 2. The molecule has 1 heterocycles. The quantitative estimate of drug-likeness (QED) is 0.782. The second-order valence-electron chi connectivity index (χ2n) is 4.07. The lowest BCUT2D eigenvalue weighted by atomic mass is 10.2. The zero-order valence-corrected chi connectivity index (χ0v) is 10.9. The SMILES string of the molecule is Fc1ccc(Nc2nc(-c3cccc(Cl)c3)no2)cc1. The Hall–Kier alpha value is -2.40. The summed E-state index contributed by atoms with van der Waals surface area (Å²) in [5.74, 6) is 0.123. The van der Waals surface area contributed by atoms with Gasteiger partial charge in [0.25, 0.3) is 0 Å². The molecule has 0 fully saturated rings. The van der Waals surface area contributed by atoms with E-state index >= 15 is 0 Å². The largest absolute Gasteiger partial charge is 0.326 e. The lowest BCUT2D eigenvalue weighted by molar-refractivity contribution is 0.435. The van der Waals surface area contributed by atoms with E-state index in [-0.39, 0.29) is 11.8 Å². The van der Waals surface area contributed by atoms with Crippen molar-refractivity contribution < 1.29 is 8.91 Å². The van der Waals surface area contributed by atoms with Crippen LogP contribution in [0.1, 0.15) is 0 Å². The van der Waals surface area contributed by atoms with Crippen LogP contribution in [0.5, 0.6) is 0 Å². The first-order valence-electron chi connectivity index (χ1n) is 5.83. The normalized spacial score (nSPS) is 10.5. The summed E-state index contributed by atoms with van der Waals surface area (Å²) in [4.78, 5) is 4.20. The third kappa shape index (κ3) is 2.78. The molecule has 0 spiro atoms. The molecule has 100 valence electrons. The molecule has 6 heteroatoms. The molecule has 0 aliphatic heterocycles. The van der Waals surface area contributed by atoms with Gasteiger partial charge in [0.1, 0.15) is 5.82 Å². The Balaban J connectivity index is 1.82. The zero-order valence-electron chi connectivity index (χ0n) is 10.2. The van der Waals surface area contributed by atoms with E-state index in [1.54, 1.807) is 30.3 Å². The highest BCUT2D eigenvalue weighted by molar-refractivity contribution is 6.30. The maximum atomic E-state index is 12.8. The van der Waals surface area contributed by atoms with E-state index in [0.717, 1.165) is 5.56 Å². The number of hydrogen-bond donors (Lipinski definition) is 1. The van der Waals surface area contributed by atoms with Crippen LogP contribution in [0.3, 0.4) is 0 Å². The van der Waals surface area contributed by atoms with E-state index in [2.05, 4.69) is 15.5 Å². The molecule has 1 N–H and O–H groups in total. The Kier molecular flexibility index (Phi) is 3.35. The highest BCUT2D eigenvalue weighted by atomic mass is 35.5. The van der Waals surface area contributed by atoms with Crippen molar-refractivity contribution in [1.82, 2.24) is 10.1 Å². The van der Waals surface area contributed by atoms with E-state index in [4.69, 9.17) is 16.1 Å². The van der Waals surface area contributed by atoms with Gasteiger partial charge in [0.2, 0.25) is 5.82 Å². The molecule has 20 heavy (non-hydrogen) atoms. The summed E-state index contributed by atoms with van der Waals surface area (Å²) in [5, 5.41) is 7.35. The molecular weight excluding hydrogens is 281 g/mol. The lowest BCUT2D eigenvalue weighted by Gasteiger charge is -1.99. The summed E-state index contributed by atoms with van der Waals surface area (Å²) >= 11 is 5.91. The number of hydrogen-bond acceptors (Lipinski definition) is 4. The molecule has 0 atom stereocenters. The maximum Gasteiger partial charge on any atom is 0.326 e. The fourth-order valence-corrected chi connectivity index (χ4v) is 1.87. The molecule has 0 saturated heterocycles. The number of benzene rings is 2. The predicted molar refractivity (Wildman–Crippen MR) is 74.4 cm³/mol. The third-order valence-electron chi connectivity index (χ3n) is 2.60. The van der Waals surface area contributed by atoms with Gasteiger partial charge in [-0.1, -0.05) is 28.9 Å². The van der Waals surface area contributed by atoms with Crippen molar-refractivity contribution in [1.29, 1.82) is 0 Å². The van der Waals surface area contributed by atoms with Crippen LogP contribution in [0, 0.1) is 5.82 Å². The molecule has 0 saturated carbocycles. The smallest absolute Gasteiger partial charge is 0.315 e. The van der Waals surface area contributed by atoms with Gasteiger partial charge >= 0.3 is 6.01 Å². The minimum absolute atomic E-state index is 0.228. The molecule has 0 unspecified atom stereocenters. The Bertz CT molecular complexity index is 727. The summed E-state index contributed by atoms with van der Waals surface area (Å²) in [6.45, 7) is 0. The maximum absolute atomic E-state index is 12.8. The van der Waals surface area contributed by atoms with Crippen LogP contribution in [-0.2, 0) is 0 Å². The second kappa shape index (κ2) is 5.30. The van der Waals surface area contributed by atoms with Crippen molar-refractivity contribution in [3.8, 4) is 11.4 Å². The lowest BCUT2D eigenvalue weighted by Crippen LogP contribution is -1.90. The van der Waals surface area contributed by atoms with E-state index in [9.17, 15) is 4.39 Å². The molecule has 0 bridgehead atoms. The van der Waals surface area contributed by atoms with Gasteiger partial charge in [-0.3, -0.25) is 0 Å². The topological polar surface area (TPSA) is 51.0 Å². The second-order valence-corrected chi connectivity index (χ2v) is 4.50. The minimum Gasteiger partial charge on any atom is -0.315 e. The van der Waals surface area contributed by atoms with Crippen molar-refractivity contribution in [3.05, 3.63) is 59.4 Å². The van der Waals surface area contributed by atoms with Gasteiger partial charge in [-0.05, 0) is 36.4 Å². The van der Waals surface area contributed by atoms with Crippen LogP contribution in [0.15, 0.2) is 53.1 Å². The summed E-state index contributed by atoms with van der Waals surface area (Å²) in [5.41, 5.74) is 1.42. The van der Waals surface area contributed by atoms with Crippen LogP contribution in [0.4, 0.5) is 16.1 Å². The summed E-state index contributed by atoms with van der Waals surface area (Å²) < 4.78 is 17.9. The zero-order chi connectivity index (χ0) is 13.9. The minimum atomic E-state index is -0.305. The number of nitrogens with zero attached hydrogens (tertiary/aromatic N) is 2. The highest BCUT2D eigenvalue weighted by Gasteiger charge is 2.09. The van der Waals surface area contributed by atoms with Crippen molar-refractivity contribution >= 4 is 23.3 Å². The molecule has 0 radical (unpaired) electrons. The van der Waals surface area contributed by atoms with E-state index in [1.807, 2.05) is 6.07 Å². The van der Waals surface area contributed by atoms with Gasteiger partial charge < -0.3 is 9.84 Å². The average molecular weight is 290 g/mol. The fraction of sp³-hybridized carbons (Fsp3) is 0. The molecule has 4 nitrogen and oxygen atoms in total. The third-order valence-corrected chi connectivity index (χ3v) is 2.84. The van der Waals surface area contributed by atoms with Gasteiger partial charge in [-0.2, -0.15) is 4.98 Å². The highest BCUT2D eigenvalue weighted by Crippen LogP contribution is 2.22. The van der Waals surface area contributed by atoms with Crippen molar-refractivity contribution in [2.24, 2.45) is 0 Å². The van der Waals surface area contributed by atoms with Crippen LogP contribution in [-0.4, -0.2) is 10.1 Å². The number of aromatic nitrogens is 2. The van der Waals surface area contributed by atoms with Gasteiger partial charge in [0.05, 0.1) is 0 Å². The van der Waals surface area contributed by atoms with Gasteiger partial charge in [-0.15, -0.1) is 0 Å². The Morgan fingerprint density at radius 3 is 2.65 bits per heavy atom. The molecule has 0 aliphatic carbocycles. The summed E-state index contributed by atoms with van der Waals surface area (Å²) in [7, 11) is 0. The average Bonchev–Trinajstić information content (AvgIpc) is 2.90. The number of nitrogens with one attached hydrogen (secondary N) is 1.